The number of aromatic nitrogens is 5. The molecule has 0 spiro atoms. The summed E-state index contributed by atoms with van der Waals surface area (Å²) in [6.45, 7) is 14.3. The van der Waals surface area contributed by atoms with Gasteiger partial charge in [0.15, 0.2) is 5.82 Å². The van der Waals surface area contributed by atoms with Gasteiger partial charge in [0.05, 0.1) is 44.5 Å². The van der Waals surface area contributed by atoms with Gasteiger partial charge in [0, 0.05) is 82.3 Å². The van der Waals surface area contributed by atoms with Gasteiger partial charge in [-0.25, -0.2) is 9.97 Å². The second kappa shape index (κ2) is 18.1. The Hall–Kier alpha value is -10.9. The first-order valence-corrected chi connectivity index (χ1v) is 31.6. The summed E-state index contributed by atoms with van der Waals surface area (Å²) in [5, 5.41) is 7.52. The largest absolute Gasteiger partial charge is 0.309 e. The first-order chi connectivity index (χ1) is 43.9. The van der Waals surface area contributed by atoms with Gasteiger partial charge in [-0.2, -0.15) is 0 Å². The highest BCUT2D eigenvalue weighted by atomic mass is 15.0. The molecule has 16 aromatic rings. The molecule has 90 heavy (non-hydrogen) atoms. The molecule has 3 aliphatic carbocycles. The SMILES string of the molecule is CC1(C)c2ccccc2-c2ccc3c4ccccc4n(-c4ccc(-c5cc(-c6cccc(-n7c8ccccc8c8ccc9c(c87)C(C)(C)c7ccccc7-9)c6)nc(-c6ccc(-n7c8ccccc8c8ccc9c(c87)C(C)(C)c7ccccc7-9)cc6)n5)cc4)c3c21. The fourth-order valence-electron chi connectivity index (χ4n) is 17.0. The zero-order valence-electron chi connectivity index (χ0n) is 51.1. The lowest BCUT2D eigenvalue weighted by Gasteiger charge is -2.24. The van der Waals surface area contributed by atoms with Gasteiger partial charge in [-0.05, 0) is 140 Å². The van der Waals surface area contributed by atoms with Crippen molar-refractivity contribution in [1.29, 1.82) is 0 Å². The van der Waals surface area contributed by atoms with Gasteiger partial charge in [0.2, 0.25) is 0 Å². The summed E-state index contributed by atoms with van der Waals surface area (Å²) in [6, 6.07) is 96.8. The average Bonchev–Trinajstić information content (AvgIpc) is 1.56. The van der Waals surface area contributed by atoms with E-state index in [0.29, 0.717) is 5.82 Å². The number of hydrogen-bond acceptors (Lipinski definition) is 2. The Kier molecular flexibility index (Phi) is 10.3. The first-order valence-electron chi connectivity index (χ1n) is 31.6. The van der Waals surface area contributed by atoms with E-state index in [9.17, 15) is 0 Å². The summed E-state index contributed by atoms with van der Waals surface area (Å²) in [5.74, 6) is 0.664. The Balaban J connectivity index is 0.791. The van der Waals surface area contributed by atoms with E-state index in [1.807, 2.05) is 0 Å². The molecule has 12 aromatic carbocycles. The second-order valence-electron chi connectivity index (χ2n) is 26.8. The summed E-state index contributed by atoms with van der Waals surface area (Å²) in [5.41, 5.74) is 30.7. The van der Waals surface area contributed by atoms with Crippen LogP contribution in [0.3, 0.4) is 0 Å². The molecule has 0 fully saturated rings. The van der Waals surface area contributed by atoms with Crippen molar-refractivity contribution in [3.05, 3.63) is 294 Å². The predicted molar refractivity (Wildman–Crippen MR) is 374 cm³/mol. The van der Waals surface area contributed by atoms with Crippen LogP contribution in [0.4, 0.5) is 0 Å². The van der Waals surface area contributed by atoms with Crippen LogP contribution in [0.2, 0.25) is 0 Å². The van der Waals surface area contributed by atoms with Crippen molar-refractivity contribution >= 4 is 65.4 Å². The number of benzene rings is 12. The van der Waals surface area contributed by atoms with Crippen LogP contribution in [0.5, 0.6) is 0 Å². The van der Waals surface area contributed by atoms with Crippen molar-refractivity contribution in [2.24, 2.45) is 0 Å². The third kappa shape index (κ3) is 6.81. The molecule has 0 saturated heterocycles. The molecule has 3 aliphatic rings. The summed E-state index contributed by atoms with van der Waals surface area (Å²) in [6.07, 6.45) is 0. The van der Waals surface area contributed by atoms with Gasteiger partial charge in [-0.3, -0.25) is 0 Å². The lowest BCUT2D eigenvalue weighted by atomic mass is 9.81. The number of hydrogen-bond donors (Lipinski definition) is 0. The minimum atomic E-state index is -0.217. The van der Waals surface area contributed by atoms with Crippen molar-refractivity contribution in [2.75, 3.05) is 0 Å². The highest BCUT2D eigenvalue weighted by Crippen LogP contribution is 2.56. The maximum absolute atomic E-state index is 5.60. The third-order valence-corrected chi connectivity index (χ3v) is 21.0. The van der Waals surface area contributed by atoms with Gasteiger partial charge in [0.25, 0.3) is 0 Å². The quantitative estimate of drug-likeness (QED) is 0.166. The van der Waals surface area contributed by atoms with Crippen molar-refractivity contribution in [2.45, 2.75) is 57.8 Å². The number of rotatable bonds is 6. The highest BCUT2D eigenvalue weighted by molar-refractivity contribution is 6.16. The molecular formula is C85H61N5. The molecule has 0 bridgehead atoms. The van der Waals surface area contributed by atoms with Gasteiger partial charge < -0.3 is 13.7 Å². The van der Waals surface area contributed by atoms with E-state index in [2.05, 4.69) is 316 Å². The number of nitrogens with zero attached hydrogens (tertiary/aromatic N) is 5. The van der Waals surface area contributed by atoms with E-state index in [1.54, 1.807) is 0 Å². The molecule has 5 nitrogen and oxygen atoms in total. The Morgan fingerprint density at radius 1 is 0.256 bits per heavy atom. The van der Waals surface area contributed by atoms with Gasteiger partial charge in [0.1, 0.15) is 0 Å². The molecule has 426 valence electrons. The number of fused-ring (bicyclic) bond motifs is 21. The molecule has 5 heteroatoms. The Bertz CT molecular complexity index is 5560. The summed E-state index contributed by atoms with van der Waals surface area (Å²) in [7, 11) is 0. The molecule has 4 heterocycles. The Morgan fingerprint density at radius 2 is 0.611 bits per heavy atom. The van der Waals surface area contributed by atoms with Crippen LogP contribution in [0.1, 0.15) is 74.9 Å². The molecule has 19 rings (SSSR count). The van der Waals surface area contributed by atoms with Crippen LogP contribution < -0.4 is 0 Å². The zero-order valence-corrected chi connectivity index (χ0v) is 51.1. The second-order valence-corrected chi connectivity index (χ2v) is 26.8. The molecule has 0 unspecified atom stereocenters. The molecular weight excluding hydrogens is 1090 g/mol. The van der Waals surface area contributed by atoms with Crippen LogP contribution in [0, 0.1) is 0 Å². The van der Waals surface area contributed by atoms with Crippen molar-refractivity contribution < 1.29 is 0 Å². The van der Waals surface area contributed by atoms with Crippen LogP contribution >= 0.6 is 0 Å². The standard InChI is InChI=1S/C85H61N5/c1-83(2)68-28-13-7-22-56(68)62-42-45-65-59-25-10-16-31-73(59)88(79(65)76(62)83)53-38-34-50(35-39-53)71-49-72(52-20-19-21-55(48-52)90-75-33-18-12-27-61(75)67-47-44-64-58-24-9-15-30-70(58)85(5,6)78(64)81(67)90)87-82(86-71)51-36-40-54(41-37-51)89-74-32-17-11-26-60(74)66-46-43-63-57-23-8-14-29-69(57)84(3,4)77(63)80(66)89/h7-49H,1-6H3. The lowest BCUT2D eigenvalue weighted by molar-refractivity contribution is 0.663. The summed E-state index contributed by atoms with van der Waals surface area (Å²) < 4.78 is 7.50. The zero-order chi connectivity index (χ0) is 60.1. The minimum Gasteiger partial charge on any atom is -0.309 e. The van der Waals surface area contributed by atoms with Crippen molar-refractivity contribution in [3.63, 3.8) is 0 Å². The van der Waals surface area contributed by atoms with Crippen LogP contribution in [0.25, 0.3) is 150 Å². The molecule has 0 N–H and O–H groups in total. The van der Waals surface area contributed by atoms with E-state index in [4.69, 9.17) is 9.97 Å². The fraction of sp³-hybridized carbons (Fsp3) is 0.106. The van der Waals surface area contributed by atoms with E-state index in [1.165, 1.54) is 132 Å². The Labute approximate surface area is 522 Å². The van der Waals surface area contributed by atoms with E-state index >= 15 is 0 Å². The summed E-state index contributed by atoms with van der Waals surface area (Å²) >= 11 is 0. The van der Waals surface area contributed by atoms with Crippen LogP contribution in [-0.2, 0) is 16.2 Å². The molecule has 0 saturated carbocycles. The lowest BCUT2D eigenvalue weighted by Crippen LogP contribution is -2.16. The summed E-state index contributed by atoms with van der Waals surface area (Å²) in [4.78, 5) is 11.2. The maximum atomic E-state index is 5.60. The number of para-hydroxylation sites is 3. The molecule has 0 atom stereocenters. The third-order valence-electron chi connectivity index (χ3n) is 21.0. The molecule has 4 aromatic heterocycles. The van der Waals surface area contributed by atoms with E-state index in [-0.39, 0.29) is 16.2 Å². The Morgan fingerprint density at radius 3 is 1.03 bits per heavy atom. The fourth-order valence-corrected chi connectivity index (χ4v) is 17.0. The van der Waals surface area contributed by atoms with Gasteiger partial charge >= 0.3 is 0 Å². The van der Waals surface area contributed by atoms with Crippen molar-refractivity contribution in [3.8, 4) is 84.3 Å². The normalized spacial score (nSPS) is 14.6. The minimum absolute atomic E-state index is 0.197. The van der Waals surface area contributed by atoms with E-state index in [0.717, 1.165) is 45.1 Å². The van der Waals surface area contributed by atoms with Gasteiger partial charge in [-0.1, -0.05) is 230 Å². The molecule has 0 aliphatic heterocycles. The smallest absolute Gasteiger partial charge is 0.160 e. The van der Waals surface area contributed by atoms with Gasteiger partial charge in [-0.15, -0.1) is 0 Å². The maximum Gasteiger partial charge on any atom is 0.160 e. The highest BCUT2D eigenvalue weighted by Gasteiger charge is 2.41. The molecule has 0 radical (unpaired) electrons. The van der Waals surface area contributed by atoms with Crippen molar-refractivity contribution in [1.82, 2.24) is 23.7 Å². The molecule has 0 amide bonds. The first kappa shape index (κ1) is 51.2. The van der Waals surface area contributed by atoms with Crippen LogP contribution in [0.15, 0.2) is 261 Å². The average molecular weight is 1150 g/mol. The van der Waals surface area contributed by atoms with E-state index < -0.39 is 0 Å². The monoisotopic (exact) mass is 1150 g/mol. The van der Waals surface area contributed by atoms with Crippen LogP contribution in [-0.4, -0.2) is 23.7 Å². The topological polar surface area (TPSA) is 40.6 Å². The predicted octanol–water partition coefficient (Wildman–Crippen LogP) is 21.7.